The van der Waals surface area contributed by atoms with E-state index >= 15 is 0 Å². The van der Waals surface area contributed by atoms with Crippen LogP contribution in [0, 0.1) is 20.8 Å². The number of pyridine rings is 1. The van der Waals surface area contributed by atoms with Gasteiger partial charge in [0.05, 0.1) is 17.2 Å². The highest BCUT2D eigenvalue weighted by Crippen LogP contribution is 2.23. The Bertz CT molecular complexity index is 895. The summed E-state index contributed by atoms with van der Waals surface area (Å²) < 4.78 is 0. The Morgan fingerprint density at radius 2 is 1.85 bits per heavy atom. The third-order valence-corrected chi connectivity index (χ3v) is 5.80. The van der Waals surface area contributed by atoms with Crippen LogP contribution in [0.1, 0.15) is 45.5 Å². The largest absolute Gasteiger partial charge is 0.365 e. The van der Waals surface area contributed by atoms with E-state index in [0.29, 0.717) is 11.7 Å². The first kappa shape index (κ1) is 19.7. The van der Waals surface area contributed by atoms with E-state index in [1.165, 1.54) is 4.88 Å². The summed E-state index contributed by atoms with van der Waals surface area (Å²) in [6.45, 7) is 6.70. The maximum Gasteiger partial charge on any atom is 0.137 e. The summed E-state index contributed by atoms with van der Waals surface area (Å²) in [6, 6.07) is 6.02. The monoisotopic (exact) mass is 401 g/mol. The molecule has 3 aromatic rings. The molecule has 0 saturated carbocycles. The van der Waals surface area contributed by atoms with Crippen LogP contribution in [-0.4, -0.2) is 19.9 Å². The lowest BCUT2D eigenvalue weighted by molar-refractivity contribution is 0.698. The van der Waals surface area contributed by atoms with Crippen molar-refractivity contribution in [3.8, 4) is 0 Å². The molecular formula is C20H24ClN5S. The maximum absolute atomic E-state index is 6.33. The zero-order valence-electron chi connectivity index (χ0n) is 15.9. The average Bonchev–Trinajstić information content (AvgIpc) is 2.98. The zero-order chi connectivity index (χ0) is 19.2. The normalized spacial score (nSPS) is 11.0. The van der Waals surface area contributed by atoms with Crippen LogP contribution in [0.2, 0.25) is 5.15 Å². The Morgan fingerprint density at radius 1 is 1.04 bits per heavy atom. The molecule has 0 saturated heterocycles. The number of hydrogen-bond acceptors (Lipinski definition) is 6. The molecular weight excluding hydrogens is 378 g/mol. The van der Waals surface area contributed by atoms with Crippen molar-refractivity contribution < 1.29 is 0 Å². The fourth-order valence-corrected chi connectivity index (χ4v) is 3.92. The quantitative estimate of drug-likeness (QED) is 0.421. The molecule has 0 atom stereocenters. The van der Waals surface area contributed by atoms with Crippen molar-refractivity contribution in [2.45, 2.75) is 53.0 Å². The van der Waals surface area contributed by atoms with Gasteiger partial charge in [0.2, 0.25) is 0 Å². The van der Waals surface area contributed by atoms with E-state index in [0.717, 1.165) is 59.3 Å². The van der Waals surface area contributed by atoms with Gasteiger partial charge >= 0.3 is 0 Å². The number of nitrogens with one attached hydrogen (secondary N) is 1. The molecule has 3 rings (SSSR count). The molecule has 7 heteroatoms. The van der Waals surface area contributed by atoms with Crippen molar-refractivity contribution in [1.82, 2.24) is 19.9 Å². The number of nitrogens with zero attached hydrogens (tertiary/aromatic N) is 4. The van der Waals surface area contributed by atoms with E-state index in [1.807, 2.05) is 39.1 Å². The number of aryl methyl sites for hydroxylation is 4. The van der Waals surface area contributed by atoms with Crippen molar-refractivity contribution in [2.24, 2.45) is 0 Å². The summed E-state index contributed by atoms with van der Waals surface area (Å²) in [4.78, 5) is 19.2. The smallest absolute Gasteiger partial charge is 0.137 e. The van der Waals surface area contributed by atoms with E-state index in [-0.39, 0.29) is 0 Å². The Hall–Kier alpha value is -2.05. The van der Waals surface area contributed by atoms with Gasteiger partial charge in [-0.25, -0.2) is 15.0 Å². The van der Waals surface area contributed by atoms with Gasteiger partial charge in [-0.2, -0.15) is 0 Å². The molecule has 0 bridgehead atoms. The first-order chi connectivity index (χ1) is 13.0. The van der Waals surface area contributed by atoms with E-state index in [1.54, 1.807) is 11.3 Å². The molecule has 0 unspecified atom stereocenters. The molecule has 0 amide bonds. The van der Waals surface area contributed by atoms with Crippen LogP contribution in [-0.2, 0) is 19.4 Å². The second-order valence-electron chi connectivity index (χ2n) is 6.53. The van der Waals surface area contributed by atoms with Crippen molar-refractivity contribution in [3.63, 3.8) is 0 Å². The molecule has 0 aliphatic carbocycles. The minimum atomic E-state index is 0.518. The van der Waals surface area contributed by atoms with Gasteiger partial charge in [0.25, 0.3) is 0 Å². The molecule has 142 valence electrons. The molecule has 1 N–H and O–H groups in total. The van der Waals surface area contributed by atoms with Crippen LogP contribution in [0.25, 0.3) is 0 Å². The highest BCUT2D eigenvalue weighted by molar-refractivity contribution is 7.11. The van der Waals surface area contributed by atoms with Crippen LogP contribution in [0.5, 0.6) is 0 Å². The van der Waals surface area contributed by atoms with Crippen LogP contribution >= 0.6 is 22.9 Å². The molecule has 0 aliphatic rings. The Morgan fingerprint density at radius 3 is 2.56 bits per heavy atom. The lowest BCUT2D eigenvalue weighted by Gasteiger charge is -2.11. The standard InChI is InChI=1S/C20H24ClN5S/c1-13-19(21)25-18(10-5-4-8-16-9-6-7-11-22-16)26-20(13)23-12-17-14(2)24-15(3)27-17/h6-7,9,11H,4-5,8,10,12H2,1-3H3,(H,23,25,26). The third-order valence-electron chi connectivity index (χ3n) is 4.36. The van der Waals surface area contributed by atoms with Crippen LogP contribution in [0.3, 0.4) is 0 Å². The third kappa shape index (κ3) is 5.47. The summed E-state index contributed by atoms with van der Waals surface area (Å²) in [5.41, 5.74) is 3.07. The summed E-state index contributed by atoms with van der Waals surface area (Å²) in [6.07, 6.45) is 5.66. The van der Waals surface area contributed by atoms with Gasteiger partial charge in [-0.15, -0.1) is 11.3 Å². The molecule has 5 nitrogen and oxygen atoms in total. The van der Waals surface area contributed by atoms with Gasteiger partial charge in [0.1, 0.15) is 16.8 Å². The summed E-state index contributed by atoms with van der Waals surface area (Å²) in [5, 5.41) is 5.00. The summed E-state index contributed by atoms with van der Waals surface area (Å²) in [7, 11) is 0. The Labute approximate surface area is 169 Å². The van der Waals surface area contributed by atoms with Gasteiger partial charge in [-0.05, 0) is 52.2 Å². The predicted octanol–water partition coefficient (Wildman–Crippen LogP) is 5.08. The Kier molecular flexibility index (Phi) is 6.74. The molecule has 0 fully saturated rings. The molecule has 3 heterocycles. The first-order valence-corrected chi connectivity index (χ1v) is 10.3. The molecule has 3 aromatic heterocycles. The van der Waals surface area contributed by atoms with Crippen molar-refractivity contribution >= 4 is 28.8 Å². The van der Waals surface area contributed by atoms with Crippen molar-refractivity contribution in [3.05, 3.63) is 62.2 Å². The number of unbranched alkanes of at least 4 members (excludes halogenated alkanes) is 1. The second kappa shape index (κ2) is 9.24. The maximum atomic E-state index is 6.33. The van der Waals surface area contributed by atoms with E-state index in [2.05, 4.69) is 26.3 Å². The minimum Gasteiger partial charge on any atom is -0.365 e. The summed E-state index contributed by atoms with van der Waals surface area (Å²) >= 11 is 8.04. The van der Waals surface area contributed by atoms with Crippen molar-refractivity contribution in [2.75, 3.05) is 5.32 Å². The van der Waals surface area contributed by atoms with Gasteiger partial charge < -0.3 is 5.32 Å². The van der Waals surface area contributed by atoms with Gasteiger partial charge in [0, 0.05) is 28.8 Å². The lowest BCUT2D eigenvalue weighted by Crippen LogP contribution is -2.07. The van der Waals surface area contributed by atoms with E-state index in [4.69, 9.17) is 16.6 Å². The van der Waals surface area contributed by atoms with E-state index < -0.39 is 0 Å². The molecule has 0 radical (unpaired) electrons. The van der Waals surface area contributed by atoms with Crippen molar-refractivity contribution in [1.29, 1.82) is 0 Å². The highest BCUT2D eigenvalue weighted by atomic mass is 35.5. The van der Waals surface area contributed by atoms with Crippen LogP contribution < -0.4 is 5.32 Å². The molecule has 0 aliphatic heterocycles. The number of rotatable bonds is 8. The lowest BCUT2D eigenvalue weighted by atomic mass is 10.1. The fraction of sp³-hybridized carbons (Fsp3) is 0.400. The molecule has 0 spiro atoms. The highest BCUT2D eigenvalue weighted by Gasteiger charge is 2.11. The first-order valence-electron chi connectivity index (χ1n) is 9.12. The number of anilines is 1. The predicted molar refractivity (Wildman–Crippen MR) is 112 cm³/mol. The molecule has 0 aromatic carbocycles. The topological polar surface area (TPSA) is 63.6 Å². The van der Waals surface area contributed by atoms with Gasteiger partial charge in [-0.3, -0.25) is 4.98 Å². The average molecular weight is 402 g/mol. The molecule has 27 heavy (non-hydrogen) atoms. The zero-order valence-corrected chi connectivity index (χ0v) is 17.5. The Balaban J connectivity index is 1.58. The fourth-order valence-electron chi connectivity index (χ4n) is 2.85. The SMILES string of the molecule is Cc1nc(C)c(CNc2nc(CCCCc3ccccn3)nc(Cl)c2C)s1. The number of halogens is 1. The minimum absolute atomic E-state index is 0.518. The van der Waals surface area contributed by atoms with Crippen LogP contribution in [0.4, 0.5) is 5.82 Å². The van der Waals surface area contributed by atoms with E-state index in [9.17, 15) is 0 Å². The number of aromatic nitrogens is 4. The number of hydrogen-bond donors (Lipinski definition) is 1. The number of thiazole rings is 1. The van der Waals surface area contributed by atoms with Gasteiger partial charge in [0.15, 0.2) is 0 Å². The second-order valence-corrected chi connectivity index (χ2v) is 8.17. The van der Waals surface area contributed by atoms with Gasteiger partial charge in [-0.1, -0.05) is 17.7 Å². The summed E-state index contributed by atoms with van der Waals surface area (Å²) in [5.74, 6) is 1.59. The van der Waals surface area contributed by atoms with Crippen LogP contribution in [0.15, 0.2) is 24.4 Å².